The van der Waals surface area contributed by atoms with Crippen LogP contribution in [0.1, 0.15) is 29.4 Å². The van der Waals surface area contributed by atoms with Crippen molar-refractivity contribution < 1.29 is 4.74 Å². The van der Waals surface area contributed by atoms with E-state index in [1.54, 1.807) is 7.11 Å². The number of nitrogens with zero attached hydrogens (tertiary/aromatic N) is 4. The Hall–Kier alpha value is -1.31. The zero-order valence-electron chi connectivity index (χ0n) is 17.8. The number of nitrogens with one attached hydrogen (secondary N) is 1. The largest absolute Gasteiger partial charge is 0.497 e. The lowest BCUT2D eigenvalue weighted by atomic mass is 9.89. The van der Waals surface area contributed by atoms with E-state index >= 15 is 0 Å². The molecule has 6 nitrogen and oxygen atoms in total. The maximum absolute atomic E-state index is 5.34. The highest BCUT2D eigenvalue weighted by Crippen LogP contribution is 2.44. The van der Waals surface area contributed by atoms with Crippen molar-refractivity contribution in [1.82, 2.24) is 24.9 Å². The molecule has 1 aromatic carbocycles. The molecule has 4 heterocycles. The van der Waals surface area contributed by atoms with E-state index in [1.165, 1.54) is 30.0 Å². The third-order valence-corrected chi connectivity index (χ3v) is 6.76. The molecular weight excluding hydrogens is 421 g/mol. The van der Waals surface area contributed by atoms with Gasteiger partial charge in [0.2, 0.25) is 0 Å². The van der Waals surface area contributed by atoms with Gasteiger partial charge < -0.3 is 10.1 Å². The van der Waals surface area contributed by atoms with E-state index in [0.717, 1.165) is 50.8 Å². The lowest BCUT2D eigenvalue weighted by Gasteiger charge is -2.26. The van der Waals surface area contributed by atoms with Gasteiger partial charge in [-0.2, -0.15) is 5.10 Å². The van der Waals surface area contributed by atoms with E-state index < -0.39 is 0 Å². The van der Waals surface area contributed by atoms with Gasteiger partial charge in [0, 0.05) is 45.3 Å². The Morgan fingerprint density at radius 3 is 2.70 bits per heavy atom. The second kappa shape index (κ2) is 9.88. The SMILES string of the molecule is COc1ccc([C@@H]2[C@@H]3CN(Cc4cc5n(n4)CCCNC5)C[C@@H]3CN2C)cc1.Cl.Cl. The molecule has 0 radical (unpaired) electrons. The first-order chi connectivity index (χ1) is 13.7. The van der Waals surface area contributed by atoms with Crippen molar-refractivity contribution in [2.75, 3.05) is 40.3 Å². The van der Waals surface area contributed by atoms with Gasteiger partial charge in [0.1, 0.15) is 5.75 Å². The van der Waals surface area contributed by atoms with Gasteiger partial charge in [0.15, 0.2) is 0 Å². The van der Waals surface area contributed by atoms with Crippen molar-refractivity contribution in [3.63, 3.8) is 0 Å². The first-order valence-corrected chi connectivity index (χ1v) is 10.5. The van der Waals surface area contributed by atoms with Gasteiger partial charge in [0.25, 0.3) is 0 Å². The summed E-state index contributed by atoms with van der Waals surface area (Å²) in [5.41, 5.74) is 3.98. The Labute approximate surface area is 191 Å². The number of rotatable bonds is 4. The molecule has 3 aliphatic heterocycles. The number of fused-ring (bicyclic) bond motifs is 2. The van der Waals surface area contributed by atoms with Crippen molar-refractivity contribution in [2.24, 2.45) is 11.8 Å². The summed E-state index contributed by atoms with van der Waals surface area (Å²) in [5.74, 6) is 2.38. The Morgan fingerprint density at radius 1 is 1.13 bits per heavy atom. The van der Waals surface area contributed by atoms with E-state index in [-0.39, 0.29) is 24.8 Å². The van der Waals surface area contributed by atoms with Gasteiger partial charge in [-0.3, -0.25) is 14.5 Å². The van der Waals surface area contributed by atoms with E-state index in [0.29, 0.717) is 12.0 Å². The molecule has 3 aliphatic rings. The zero-order chi connectivity index (χ0) is 19.1. The molecule has 2 aromatic rings. The van der Waals surface area contributed by atoms with Crippen molar-refractivity contribution in [2.45, 2.75) is 32.1 Å². The van der Waals surface area contributed by atoms with Crippen LogP contribution in [0.15, 0.2) is 30.3 Å². The van der Waals surface area contributed by atoms with Crippen LogP contribution in [0.3, 0.4) is 0 Å². The van der Waals surface area contributed by atoms with Crippen molar-refractivity contribution in [3.05, 3.63) is 47.3 Å². The second-order valence-corrected chi connectivity index (χ2v) is 8.66. The van der Waals surface area contributed by atoms with Crippen LogP contribution in [0.4, 0.5) is 0 Å². The van der Waals surface area contributed by atoms with E-state index in [1.807, 2.05) is 0 Å². The smallest absolute Gasteiger partial charge is 0.118 e. The number of ether oxygens (including phenoxy) is 1. The van der Waals surface area contributed by atoms with Crippen LogP contribution in [-0.4, -0.2) is 59.9 Å². The maximum Gasteiger partial charge on any atom is 0.118 e. The predicted molar refractivity (Wildman–Crippen MR) is 124 cm³/mol. The van der Waals surface area contributed by atoms with Gasteiger partial charge in [0.05, 0.1) is 18.5 Å². The highest BCUT2D eigenvalue weighted by molar-refractivity contribution is 5.85. The van der Waals surface area contributed by atoms with Crippen LogP contribution >= 0.6 is 24.8 Å². The third kappa shape index (κ3) is 4.48. The zero-order valence-corrected chi connectivity index (χ0v) is 19.4. The molecule has 166 valence electrons. The molecule has 2 fully saturated rings. The number of halogens is 2. The Balaban J connectivity index is 0.00000128. The van der Waals surface area contributed by atoms with Crippen LogP contribution in [0.5, 0.6) is 5.75 Å². The van der Waals surface area contributed by atoms with Crippen molar-refractivity contribution in [3.8, 4) is 5.75 Å². The molecular formula is C22H33Cl2N5O. The molecule has 30 heavy (non-hydrogen) atoms. The molecule has 0 saturated carbocycles. The van der Waals surface area contributed by atoms with Gasteiger partial charge in [-0.05, 0) is 55.6 Å². The number of aromatic nitrogens is 2. The lowest BCUT2D eigenvalue weighted by molar-refractivity contribution is 0.223. The third-order valence-electron chi connectivity index (χ3n) is 6.76. The van der Waals surface area contributed by atoms with Gasteiger partial charge in [-0.15, -0.1) is 24.8 Å². The number of benzene rings is 1. The summed E-state index contributed by atoms with van der Waals surface area (Å²) < 4.78 is 7.54. The molecule has 0 spiro atoms. The Bertz CT molecular complexity index is 804. The Morgan fingerprint density at radius 2 is 1.93 bits per heavy atom. The summed E-state index contributed by atoms with van der Waals surface area (Å²) in [6.07, 6.45) is 1.16. The van der Waals surface area contributed by atoms with Gasteiger partial charge in [-0.25, -0.2) is 0 Å². The molecule has 0 unspecified atom stereocenters. The number of hydrogen-bond acceptors (Lipinski definition) is 5. The topological polar surface area (TPSA) is 45.6 Å². The molecule has 5 rings (SSSR count). The van der Waals surface area contributed by atoms with Gasteiger partial charge in [-0.1, -0.05) is 12.1 Å². The fraction of sp³-hybridized carbons (Fsp3) is 0.591. The minimum Gasteiger partial charge on any atom is -0.497 e. The Kier molecular flexibility index (Phi) is 7.69. The van der Waals surface area contributed by atoms with Crippen LogP contribution in [0.25, 0.3) is 0 Å². The average Bonchev–Trinajstić information content (AvgIpc) is 3.29. The summed E-state index contributed by atoms with van der Waals surface area (Å²) in [5, 5.41) is 8.38. The number of aryl methyl sites for hydroxylation is 1. The number of hydrogen-bond donors (Lipinski definition) is 1. The normalized spacial score (nSPS) is 26.3. The molecule has 8 heteroatoms. The monoisotopic (exact) mass is 453 g/mol. The maximum atomic E-state index is 5.34. The van der Waals surface area contributed by atoms with Crippen LogP contribution in [0, 0.1) is 11.8 Å². The van der Waals surface area contributed by atoms with Crippen LogP contribution in [-0.2, 0) is 19.6 Å². The predicted octanol–water partition coefficient (Wildman–Crippen LogP) is 2.96. The van der Waals surface area contributed by atoms with E-state index in [4.69, 9.17) is 9.84 Å². The molecule has 1 aromatic heterocycles. The lowest BCUT2D eigenvalue weighted by Crippen LogP contribution is -2.29. The van der Waals surface area contributed by atoms with E-state index in [2.05, 4.69) is 57.2 Å². The minimum atomic E-state index is 0. The van der Waals surface area contributed by atoms with Crippen LogP contribution < -0.4 is 10.1 Å². The fourth-order valence-electron chi connectivity index (χ4n) is 5.51. The minimum absolute atomic E-state index is 0. The second-order valence-electron chi connectivity index (χ2n) is 8.66. The summed E-state index contributed by atoms with van der Waals surface area (Å²) in [7, 11) is 4.00. The summed E-state index contributed by atoms with van der Waals surface area (Å²) >= 11 is 0. The average molecular weight is 454 g/mol. The van der Waals surface area contributed by atoms with E-state index in [9.17, 15) is 0 Å². The summed E-state index contributed by atoms with van der Waals surface area (Å²) in [4.78, 5) is 5.16. The van der Waals surface area contributed by atoms with Crippen LogP contribution in [0.2, 0.25) is 0 Å². The number of methoxy groups -OCH3 is 1. The first kappa shape index (κ1) is 23.4. The molecule has 3 atom stereocenters. The standard InChI is InChI=1S/C22H31N5O.2ClH/c1-25-12-17-13-26(14-18-10-19-11-23-8-3-9-27(19)24-18)15-21(17)22(25)16-4-6-20(28-2)7-5-16;;/h4-7,10,17,21-23H,3,8-9,11-15H2,1-2H3;2*1H/t17-,21+,22+;;/m0../s1. The van der Waals surface area contributed by atoms with Crippen molar-refractivity contribution >= 4 is 24.8 Å². The van der Waals surface area contributed by atoms with Crippen molar-refractivity contribution in [1.29, 1.82) is 0 Å². The first-order valence-electron chi connectivity index (χ1n) is 10.5. The fourth-order valence-corrected chi connectivity index (χ4v) is 5.51. The number of likely N-dealkylation sites (tertiary alicyclic amines) is 2. The highest BCUT2D eigenvalue weighted by Gasteiger charge is 2.46. The van der Waals surface area contributed by atoms with Gasteiger partial charge >= 0.3 is 0 Å². The molecule has 1 N–H and O–H groups in total. The molecule has 0 aliphatic carbocycles. The molecule has 0 amide bonds. The molecule has 0 bridgehead atoms. The quantitative estimate of drug-likeness (QED) is 0.770. The summed E-state index contributed by atoms with van der Waals surface area (Å²) in [6.45, 7) is 7.58. The highest BCUT2D eigenvalue weighted by atomic mass is 35.5. The molecule has 2 saturated heterocycles. The summed E-state index contributed by atoms with van der Waals surface area (Å²) in [6, 6.07) is 11.5.